The van der Waals surface area contributed by atoms with Crippen molar-refractivity contribution in [2.45, 2.75) is 161 Å². The van der Waals surface area contributed by atoms with Crippen molar-refractivity contribution in [1.29, 1.82) is 0 Å². The van der Waals surface area contributed by atoms with Crippen molar-refractivity contribution in [2.75, 3.05) is 69.1 Å². The Morgan fingerprint density at radius 3 is 1.94 bits per heavy atom. The van der Waals surface area contributed by atoms with Gasteiger partial charge in [0.1, 0.15) is 49.3 Å². The van der Waals surface area contributed by atoms with Gasteiger partial charge in [-0.05, 0) is 80.1 Å². The number of aliphatic hydroxyl groups excluding tert-OH is 6. The number of nitrogens with two attached hydrogens (primary N) is 1. The molecule has 11 atom stereocenters. The van der Waals surface area contributed by atoms with Crippen LogP contribution < -0.4 is 16.0 Å². The molecular formula is C55H81N4O26S4+. The molecular weight excluding hydrogens is 1260 g/mol. The van der Waals surface area contributed by atoms with Gasteiger partial charge in [0.15, 0.2) is 24.2 Å². The number of carbonyl (C=O) groups excluding carboxylic acids is 2. The van der Waals surface area contributed by atoms with E-state index in [0.29, 0.717) is 53.9 Å². The number of carbonyl (C=O) groups is 2. The Morgan fingerprint density at radius 1 is 0.697 bits per heavy atom. The van der Waals surface area contributed by atoms with Crippen LogP contribution in [-0.4, -0.2) is 230 Å². The highest BCUT2D eigenvalue weighted by Gasteiger charge is 2.53. The van der Waals surface area contributed by atoms with E-state index in [9.17, 15) is 92.1 Å². The van der Waals surface area contributed by atoms with E-state index in [1.54, 1.807) is 37.3 Å². The molecule has 0 bridgehead atoms. The van der Waals surface area contributed by atoms with Gasteiger partial charge in [0.25, 0.3) is 40.5 Å². The maximum atomic E-state index is 12.9. The number of hydrogen-bond donors (Lipinski definition) is 12. The standard InChI is InChI=1S/C55H80N4O26S4/c1-54(2)38-31-35(89(77,78)79)18-20-40(38)58(43(54)15-7-4-6-14-39-36-19-17-34(88(74,75)76)30-37(36)55(3,21-9-12-28-86(68,69)70)59(39)24-11-13-29-87(71,72)73)23-10-5-8-16-44(62)57-22-25-80-26-27-81-52-50(47(65)45(63)41(32-60)83-52)84-51-48(66)49(85-53(56)67)46(64)42(33-61)82-51/h4,6-7,14-15,17-20,30-31,41-42,45-52,60-61,63-66H,5,8-13,16,21-29,32-33H2,1-3H3,(H6-,56,57,62,67,68,69,70,71,72,73,74,75,76,77,78,79)/p+1/t41-,42+,45+,46+,47-,48-,49-,50-,51+,52-,55?/m0/s1. The molecule has 13 N–H and O–H groups in total. The third-order valence-electron chi connectivity index (χ3n) is 15.8. The summed E-state index contributed by atoms with van der Waals surface area (Å²) >= 11 is 0. The monoisotopic (exact) mass is 1340 g/mol. The minimum atomic E-state index is -4.68. The molecule has 0 radical (unpaired) electrons. The second-order valence-electron chi connectivity index (χ2n) is 22.5. The van der Waals surface area contributed by atoms with Gasteiger partial charge in [-0.3, -0.25) is 23.0 Å². The van der Waals surface area contributed by atoms with Crippen LogP contribution in [0.2, 0.25) is 0 Å². The summed E-state index contributed by atoms with van der Waals surface area (Å²) < 4.78 is 169. The average Bonchev–Trinajstić information content (AvgIpc) is 1.69. The summed E-state index contributed by atoms with van der Waals surface area (Å²) in [5, 5.41) is 65.0. The number of rotatable bonds is 33. The molecule has 2 amide bonds. The first-order chi connectivity index (χ1) is 41.6. The van der Waals surface area contributed by atoms with Crippen LogP contribution in [0.25, 0.3) is 0 Å². The number of anilines is 1. The summed E-state index contributed by atoms with van der Waals surface area (Å²) in [4.78, 5) is 25.7. The third-order valence-corrected chi connectivity index (χ3v) is 19.1. The summed E-state index contributed by atoms with van der Waals surface area (Å²) in [5.74, 6) is -1.31. The second kappa shape index (κ2) is 31.1. The Hall–Kier alpha value is -4.93. The molecule has 500 valence electrons. The van der Waals surface area contributed by atoms with Crippen molar-refractivity contribution in [3.05, 3.63) is 89.2 Å². The molecule has 0 spiro atoms. The van der Waals surface area contributed by atoms with Gasteiger partial charge in [-0.1, -0.05) is 38.5 Å². The van der Waals surface area contributed by atoms with E-state index < -0.39 is 144 Å². The number of unbranched alkanes of at least 4 members (excludes halogenated alkanes) is 4. The molecule has 2 fully saturated rings. The van der Waals surface area contributed by atoms with E-state index in [4.69, 9.17) is 34.2 Å². The lowest BCUT2D eigenvalue weighted by molar-refractivity contribution is -0.610. The van der Waals surface area contributed by atoms with Gasteiger partial charge in [-0.15, -0.1) is 0 Å². The van der Waals surface area contributed by atoms with E-state index >= 15 is 0 Å². The van der Waals surface area contributed by atoms with Crippen LogP contribution in [0, 0.1) is 0 Å². The largest absolute Gasteiger partial charge is 0.441 e. The van der Waals surface area contributed by atoms with E-state index in [0.717, 1.165) is 5.70 Å². The van der Waals surface area contributed by atoms with Crippen molar-refractivity contribution in [1.82, 2.24) is 5.32 Å². The smallest absolute Gasteiger partial charge is 0.404 e. The highest BCUT2D eigenvalue weighted by Crippen LogP contribution is 2.49. The van der Waals surface area contributed by atoms with Gasteiger partial charge in [-0.25, -0.2) is 9.37 Å². The summed E-state index contributed by atoms with van der Waals surface area (Å²) in [6.45, 7) is 4.49. The van der Waals surface area contributed by atoms with Crippen LogP contribution in [0.1, 0.15) is 95.2 Å². The number of amides is 2. The Morgan fingerprint density at radius 2 is 1.31 bits per heavy atom. The molecule has 0 saturated carbocycles. The van der Waals surface area contributed by atoms with Crippen LogP contribution in [-0.2, 0) is 84.6 Å². The molecule has 6 rings (SSSR count). The van der Waals surface area contributed by atoms with Crippen molar-refractivity contribution >= 4 is 63.9 Å². The molecule has 0 aromatic heterocycles. The normalized spacial score (nSPS) is 27.0. The van der Waals surface area contributed by atoms with E-state index in [1.807, 2.05) is 29.4 Å². The van der Waals surface area contributed by atoms with Crippen molar-refractivity contribution in [2.24, 2.45) is 5.73 Å². The minimum Gasteiger partial charge on any atom is -0.441 e. The molecule has 0 aliphatic carbocycles. The van der Waals surface area contributed by atoms with Gasteiger partial charge in [0.2, 0.25) is 11.6 Å². The lowest BCUT2D eigenvalue weighted by Gasteiger charge is -2.46. The van der Waals surface area contributed by atoms with Gasteiger partial charge >= 0.3 is 6.09 Å². The maximum Gasteiger partial charge on any atom is 0.404 e. The minimum absolute atomic E-state index is 0.0376. The number of fused-ring (bicyclic) bond motifs is 2. The number of nitrogens with one attached hydrogen (secondary N) is 1. The average molecular weight is 1340 g/mol. The third kappa shape index (κ3) is 19.3. The van der Waals surface area contributed by atoms with Crippen LogP contribution in [0.4, 0.5) is 10.5 Å². The first-order valence-corrected chi connectivity index (χ1v) is 34.7. The zero-order chi connectivity index (χ0) is 65.9. The molecule has 4 aliphatic rings. The Bertz CT molecular complexity index is 3400. The molecule has 34 heteroatoms. The van der Waals surface area contributed by atoms with Gasteiger partial charge in [0.05, 0.1) is 59.9 Å². The first-order valence-electron chi connectivity index (χ1n) is 28.6. The van der Waals surface area contributed by atoms with E-state index in [2.05, 4.69) is 5.32 Å². The summed E-state index contributed by atoms with van der Waals surface area (Å²) in [5.41, 5.74) is 6.91. The van der Waals surface area contributed by atoms with E-state index in [1.165, 1.54) is 30.3 Å². The summed E-state index contributed by atoms with van der Waals surface area (Å²) in [6, 6.07) is 8.42. The zero-order valence-electron chi connectivity index (χ0n) is 49.2. The van der Waals surface area contributed by atoms with Gasteiger partial charge in [0, 0.05) is 67.7 Å². The van der Waals surface area contributed by atoms with Crippen LogP contribution in [0.15, 0.2) is 82.3 Å². The first kappa shape index (κ1) is 73.1. The molecule has 89 heavy (non-hydrogen) atoms. The molecule has 2 aromatic carbocycles. The number of allylic oxidation sites excluding steroid dienone is 6. The highest BCUT2D eigenvalue weighted by molar-refractivity contribution is 7.86. The molecule has 2 aromatic rings. The predicted molar refractivity (Wildman–Crippen MR) is 315 cm³/mol. The number of ether oxygens (including phenoxy) is 6. The van der Waals surface area contributed by atoms with E-state index in [-0.39, 0.29) is 87.1 Å². The van der Waals surface area contributed by atoms with Crippen LogP contribution in [0.5, 0.6) is 0 Å². The summed E-state index contributed by atoms with van der Waals surface area (Å²) in [7, 11) is -17.8. The van der Waals surface area contributed by atoms with Crippen LogP contribution >= 0.6 is 0 Å². The Labute approximate surface area is 516 Å². The van der Waals surface area contributed by atoms with Gasteiger partial charge < -0.3 is 75.0 Å². The zero-order valence-corrected chi connectivity index (χ0v) is 52.4. The number of hydrogen-bond acceptors (Lipinski definition) is 23. The lowest BCUT2D eigenvalue weighted by Crippen LogP contribution is -2.65. The fourth-order valence-corrected chi connectivity index (χ4v) is 13.4. The van der Waals surface area contributed by atoms with Crippen LogP contribution in [0.3, 0.4) is 0 Å². The molecule has 1 unspecified atom stereocenters. The lowest BCUT2D eigenvalue weighted by atomic mass is 9.83. The maximum absolute atomic E-state index is 12.9. The van der Waals surface area contributed by atoms with Crippen molar-refractivity contribution in [3.8, 4) is 0 Å². The Balaban J connectivity index is 1.07. The fraction of sp³-hybridized carbons (Fsp3) is 0.618. The fourth-order valence-electron chi connectivity index (χ4n) is 11.3. The molecule has 4 heterocycles. The molecule has 30 nitrogen and oxygen atoms in total. The van der Waals surface area contributed by atoms with Crippen molar-refractivity contribution < 1.29 is 125 Å². The predicted octanol–water partition coefficient (Wildman–Crippen LogP) is 0.168. The quantitative estimate of drug-likeness (QED) is 0.0196. The summed E-state index contributed by atoms with van der Waals surface area (Å²) in [6.07, 6.45) is -6.52. The topological polar surface area (TPSA) is 473 Å². The Kier molecular flexibility index (Phi) is 25.6. The second-order valence-corrected chi connectivity index (χ2v) is 28.5. The molecule has 4 aliphatic heterocycles. The number of benzene rings is 2. The highest BCUT2D eigenvalue weighted by atomic mass is 32.2. The van der Waals surface area contributed by atoms with Gasteiger partial charge in [-0.2, -0.15) is 33.7 Å². The SMILES string of the molecule is CC1(C)/C(=C/C=C/C=C/C2=[N+](CCCCS(=O)(=O)O)C(C)(CCCCS(=O)(=O)O)c3cc(S(=O)(=O)O)ccc32)N(CCCCCC(=O)NCCOCCO[C@H]2O[C@@H](CO)[C@@H](O)[C@H](O)[C@@H]2O[C@H]2O[C@H](CO)[C@@H](O)[C@H](OC(N)=O)[C@@H]2O)c2ccc(S(=O)(=O)O)cc21. The number of aliphatic hydroxyl groups is 6. The number of primary amides is 1. The number of nitrogens with zero attached hydrogens (tertiary/aromatic N) is 2. The molecule has 2 saturated heterocycles. The van der Waals surface area contributed by atoms with Crippen molar-refractivity contribution in [3.63, 3.8) is 0 Å².